The third kappa shape index (κ3) is 4.07. The standard InChI is InChI=1S/C20H27N3O3/c1-13-6-8-15(9-7-13)18-17(19(24)26-3)16(21-20(25)22-18)12-23-10-4-5-14(2)11-23/h6-9,14,18H,4-5,10-12H2,1-3H3,(H2,21,22,25)/t14-,18+/m0/s1. The zero-order valence-corrected chi connectivity index (χ0v) is 15.7. The minimum absolute atomic E-state index is 0.289. The van der Waals surface area contributed by atoms with E-state index in [9.17, 15) is 9.59 Å². The highest BCUT2D eigenvalue weighted by atomic mass is 16.5. The lowest BCUT2D eigenvalue weighted by Gasteiger charge is -2.35. The second-order valence-corrected chi connectivity index (χ2v) is 7.31. The highest BCUT2D eigenvalue weighted by Gasteiger charge is 2.34. The highest BCUT2D eigenvalue weighted by Crippen LogP contribution is 2.29. The molecule has 0 bridgehead atoms. The maximum Gasteiger partial charge on any atom is 0.338 e. The van der Waals surface area contributed by atoms with Crippen LogP contribution in [0.15, 0.2) is 35.5 Å². The first-order valence-corrected chi connectivity index (χ1v) is 9.15. The Hall–Kier alpha value is -2.34. The Morgan fingerprint density at radius 2 is 2.04 bits per heavy atom. The lowest BCUT2D eigenvalue weighted by Crippen LogP contribution is -2.49. The molecule has 26 heavy (non-hydrogen) atoms. The van der Waals surface area contributed by atoms with E-state index in [0.29, 0.717) is 23.7 Å². The largest absolute Gasteiger partial charge is 0.466 e. The molecule has 2 atom stereocenters. The summed E-state index contributed by atoms with van der Waals surface area (Å²) >= 11 is 0. The van der Waals surface area contributed by atoms with Gasteiger partial charge >= 0.3 is 12.0 Å². The van der Waals surface area contributed by atoms with Crippen LogP contribution in [-0.2, 0) is 9.53 Å². The van der Waals surface area contributed by atoms with E-state index in [1.165, 1.54) is 13.5 Å². The first-order chi connectivity index (χ1) is 12.5. The van der Waals surface area contributed by atoms with Crippen LogP contribution in [0.25, 0.3) is 0 Å². The van der Waals surface area contributed by atoms with Gasteiger partial charge in [0.25, 0.3) is 0 Å². The molecule has 140 valence electrons. The fraction of sp³-hybridized carbons (Fsp3) is 0.500. The molecule has 2 aliphatic heterocycles. The van der Waals surface area contributed by atoms with Crippen molar-refractivity contribution in [3.63, 3.8) is 0 Å². The molecular weight excluding hydrogens is 330 g/mol. The summed E-state index contributed by atoms with van der Waals surface area (Å²) in [6, 6.07) is 7.04. The van der Waals surface area contributed by atoms with Crippen LogP contribution in [0.2, 0.25) is 0 Å². The van der Waals surface area contributed by atoms with Crippen molar-refractivity contribution in [3.05, 3.63) is 46.7 Å². The number of amides is 2. The van der Waals surface area contributed by atoms with Gasteiger partial charge in [-0.1, -0.05) is 36.8 Å². The molecule has 0 aromatic heterocycles. The summed E-state index contributed by atoms with van der Waals surface area (Å²) in [5, 5.41) is 5.71. The molecule has 2 N–H and O–H groups in total. The molecule has 0 aliphatic carbocycles. The van der Waals surface area contributed by atoms with Crippen molar-refractivity contribution < 1.29 is 14.3 Å². The number of hydrogen-bond acceptors (Lipinski definition) is 4. The Kier molecular flexibility index (Phi) is 5.61. The third-order valence-electron chi connectivity index (χ3n) is 5.09. The summed E-state index contributed by atoms with van der Waals surface area (Å²) in [6.45, 7) is 6.73. The van der Waals surface area contributed by atoms with Crippen molar-refractivity contribution in [1.29, 1.82) is 0 Å². The van der Waals surface area contributed by atoms with Crippen molar-refractivity contribution in [2.75, 3.05) is 26.7 Å². The number of nitrogens with one attached hydrogen (secondary N) is 2. The van der Waals surface area contributed by atoms with Gasteiger partial charge in [-0.05, 0) is 37.8 Å². The average Bonchev–Trinajstić information content (AvgIpc) is 2.61. The average molecular weight is 357 g/mol. The molecule has 0 spiro atoms. The maximum atomic E-state index is 12.6. The van der Waals surface area contributed by atoms with Gasteiger partial charge in [-0.3, -0.25) is 4.90 Å². The van der Waals surface area contributed by atoms with Crippen molar-refractivity contribution >= 4 is 12.0 Å². The first kappa shape index (κ1) is 18.5. The number of piperidine rings is 1. The molecular formula is C20H27N3O3. The lowest BCUT2D eigenvalue weighted by atomic mass is 9.93. The number of methoxy groups -OCH3 is 1. The van der Waals surface area contributed by atoms with E-state index in [0.717, 1.165) is 30.6 Å². The fourth-order valence-corrected chi connectivity index (χ4v) is 3.76. The molecule has 1 aromatic rings. The van der Waals surface area contributed by atoms with Crippen molar-refractivity contribution in [3.8, 4) is 0 Å². The van der Waals surface area contributed by atoms with Crippen LogP contribution in [0.4, 0.5) is 4.79 Å². The number of hydrogen-bond donors (Lipinski definition) is 2. The molecule has 1 fully saturated rings. The number of urea groups is 1. The molecule has 0 saturated carbocycles. The first-order valence-electron chi connectivity index (χ1n) is 9.15. The number of ether oxygens (including phenoxy) is 1. The van der Waals surface area contributed by atoms with E-state index < -0.39 is 12.0 Å². The summed E-state index contributed by atoms with van der Waals surface area (Å²) in [5.74, 6) is 0.208. The van der Waals surface area contributed by atoms with Gasteiger partial charge in [0.15, 0.2) is 0 Å². The zero-order valence-electron chi connectivity index (χ0n) is 15.7. The molecule has 2 aliphatic rings. The Bertz CT molecular complexity index is 712. The minimum Gasteiger partial charge on any atom is -0.466 e. The predicted molar refractivity (Wildman–Crippen MR) is 99.5 cm³/mol. The van der Waals surface area contributed by atoms with Crippen LogP contribution in [-0.4, -0.2) is 43.6 Å². The number of rotatable bonds is 4. The Balaban J connectivity index is 1.95. The van der Waals surface area contributed by atoms with Gasteiger partial charge in [0.1, 0.15) is 0 Å². The lowest BCUT2D eigenvalue weighted by molar-refractivity contribution is -0.136. The molecule has 1 saturated heterocycles. The van der Waals surface area contributed by atoms with Gasteiger partial charge < -0.3 is 15.4 Å². The number of nitrogens with zero attached hydrogens (tertiary/aromatic N) is 1. The molecule has 2 heterocycles. The molecule has 0 unspecified atom stereocenters. The Morgan fingerprint density at radius 3 is 2.69 bits per heavy atom. The van der Waals surface area contributed by atoms with Crippen LogP contribution in [0, 0.1) is 12.8 Å². The predicted octanol–water partition coefficient (Wildman–Crippen LogP) is 2.51. The van der Waals surface area contributed by atoms with Gasteiger partial charge in [-0.2, -0.15) is 0 Å². The third-order valence-corrected chi connectivity index (χ3v) is 5.09. The van der Waals surface area contributed by atoms with E-state index in [-0.39, 0.29) is 6.03 Å². The van der Waals surface area contributed by atoms with Crippen LogP contribution < -0.4 is 10.6 Å². The monoisotopic (exact) mass is 357 g/mol. The van der Waals surface area contributed by atoms with Crippen molar-refractivity contribution in [1.82, 2.24) is 15.5 Å². The second-order valence-electron chi connectivity index (χ2n) is 7.31. The summed E-state index contributed by atoms with van der Waals surface area (Å²) in [6.07, 6.45) is 2.36. The van der Waals surface area contributed by atoms with Crippen LogP contribution in [0.3, 0.4) is 0 Å². The maximum absolute atomic E-state index is 12.6. The number of likely N-dealkylation sites (tertiary alicyclic amines) is 1. The smallest absolute Gasteiger partial charge is 0.338 e. The van der Waals surface area contributed by atoms with Crippen molar-refractivity contribution in [2.45, 2.75) is 32.7 Å². The normalized spacial score (nSPS) is 24.0. The quantitative estimate of drug-likeness (QED) is 0.813. The van der Waals surface area contributed by atoms with Gasteiger partial charge in [0.2, 0.25) is 0 Å². The van der Waals surface area contributed by atoms with Gasteiger partial charge in [-0.25, -0.2) is 9.59 Å². The molecule has 6 nitrogen and oxygen atoms in total. The number of carbonyl (C=O) groups excluding carboxylic acids is 2. The van der Waals surface area contributed by atoms with E-state index in [2.05, 4.69) is 22.5 Å². The van der Waals surface area contributed by atoms with Gasteiger partial charge in [0, 0.05) is 18.8 Å². The van der Waals surface area contributed by atoms with E-state index in [4.69, 9.17) is 4.74 Å². The summed E-state index contributed by atoms with van der Waals surface area (Å²) < 4.78 is 5.03. The van der Waals surface area contributed by atoms with Crippen LogP contribution in [0.1, 0.15) is 36.9 Å². The molecule has 0 radical (unpaired) electrons. The highest BCUT2D eigenvalue weighted by molar-refractivity contribution is 5.95. The summed E-state index contributed by atoms with van der Waals surface area (Å²) in [7, 11) is 1.37. The summed E-state index contributed by atoms with van der Waals surface area (Å²) in [5.41, 5.74) is 3.12. The Morgan fingerprint density at radius 1 is 1.31 bits per heavy atom. The number of carbonyl (C=O) groups is 2. The number of aryl methyl sites for hydroxylation is 1. The van der Waals surface area contributed by atoms with Gasteiger partial charge in [-0.15, -0.1) is 0 Å². The Labute approximate surface area is 154 Å². The topological polar surface area (TPSA) is 70.7 Å². The molecule has 6 heteroatoms. The number of esters is 1. The van der Waals surface area contributed by atoms with Gasteiger partial charge in [0.05, 0.1) is 18.7 Å². The minimum atomic E-state index is -0.506. The molecule has 3 rings (SSSR count). The zero-order chi connectivity index (χ0) is 18.7. The summed E-state index contributed by atoms with van der Waals surface area (Å²) in [4.78, 5) is 27.1. The molecule has 2 amide bonds. The second kappa shape index (κ2) is 7.91. The van der Waals surface area contributed by atoms with Crippen LogP contribution in [0.5, 0.6) is 0 Å². The molecule has 1 aromatic carbocycles. The fourth-order valence-electron chi connectivity index (χ4n) is 3.76. The van der Waals surface area contributed by atoms with E-state index >= 15 is 0 Å². The van der Waals surface area contributed by atoms with Crippen LogP contribution >= 0.6 is 0 Å². The number of benzene rings is 1. The van der Waals surface area contributed by atoms with E-state index in [1.54, 1.807) is 0 Å². The van der Waals surface area contributed by atoms with Crippen molar-refractivity contribution in [2.24, 2.45) is 5.92 Å². The van der Waals surface area contributed by atoms with E-state index in [1.807, 2.05) is 31.2 Å². The SMILES string of the molecule is COC(=O)C1=C(CN2CCC[C@H](C)C2)NC(=O)N[C@@H]1c1ccc(C)cc1.